The number of morpholine rings is 1. The van der Waals surface area contributed by atoms with Crippen LogP contribution in [0.3, 0.4) is 0 Å². The number of ether oxygens (including phenoxy) is 3. The number of nitrogens with one attached hydrogen (secondary N) is 1. The Morgan fingerprint density at radius 1 is 0.974 bits per heavy atom. The molecule has 3 aromatic rings. The van der Waals surface area contributed by atoms with E-state index in [1.54, 1.807) is 0 Å². The first kappa shape index (κ1) is 27.2. The second-order valence-electron chi connectivity index (χ2n) is 11.1. The maximum atomic E-state index is 12.7. The summed E-state index contributed by atoms with van der Waals surface area (Å²) in [5.41, 5.74) is 3.98. The van der Waals surface area contributed by atoms with Gasteiger partial charge in [0.2, 0.25) is 12.7 Å². The normalized spacial score (nSPS) is 15.6. The van der Waals surface area contributed by atoms with E-state index < -0.39 is 0 Å². The molecule has 1 amide bonds. The number of amides is 1. The maximum absolute atomic E-state index is 12.7. The molecule has 5 rings (SSSR count). The number of nitrogens with zero attached hydrogens (tertiary/aromatic N) is 3. The Labute approximate surface area is 230 Å². The average Bonchev–Trinajstić information content (AvgIpc) is 3.58. The number of rotatable bonds is 10. The molecule has 0 radical (unpaired) electrons. The van der Waals surface area contributed by atoms with Crippen LogP contribution in [0, 0.1) is 0 Å². The van der Waals surface area contributed by atoms with Gasteiger partial charge in [-0.15, -0.1) is 0 Å². The highest BCUT2D eigenvalue weighted by Gasteiger charge is 2.19. The third kappa shape index (κ3) is 7.38. The number of hydrogen-bond donors (Lipinski definition) is 1. The molecule has 2 aromatic carbocycles. The quantitative estimate of drug-likeness (QED) is 0.418. The van der Waals surface area contributed by atoms with Crippen LogP contribution in [0.15, 0.2) is 53.1 Å². The molecule has 39 heavy (non-hydrogen) atoms. The number of carbonyl (C=O) groups is 1. The van der Waals surface area contributed by atoms with Crippen molar-refractivity contribution in [1.82, 2.24) is 20.1 Å². The van der Waals surface area contributed by atoms with E-state index >= 15 is 0 Å². The molecule has 1 fully saturated rings. The summed E-state index contributed by atoms with van der Waals surface area (Å²) in [6.45, 7) is 13.3. The predicted octanol–water partition coefficient (Wildman–Crippen LogP) is 3.97. The molecule has 0 atom stereocenters. The van der Waals surface area contributed by atoms with E-state index in [4.69, 9.17) is 18.6 Å². The number of carbonyl (C=O) groups excluding carboxylic acids is 1. The van der Waals surface area contributed by atoms with Gasteiger partial charge in [0.25, 0.3) is 5.91 Å². The summed E-state index contributed by atoms with van der Waals surface area (Å²) >= 11 is 0. The molecule has 9 heteroatoms. The van der Waals surface area contributed by atoms with Crippen LogP contribution in [-0.2, 0) is 29.8 Å². The Bertz CT molecular complexity index is 1240. The smallest absolute Gasteiger partial charge is 0.273 e. The summed E-state index contributed by atoms with van der Waals surface area (Å²) in [5, 5.41) is 2.95. The predicted molar refractivity (Wildman–Crippen MR) is 147 cm³/mol. The highest BCUT2D eigenvalue weighted by molar-refractivity contribution is 5.91. The molecule has 0 unspecified atom stereocenters. The lowest BCUT2D eigenvalue weighted by atomic mass is 9.87. The number of oxazole rings is 1. The maximum Gasteiger partial charge on any atom is 0.273 e. The van der Waals surface area contributed by atoms with Gasteiger partial charge >= 0.3 is 0 Å². The van der Waals surface area contributed by atoms with Crippen LogP contribution in [0.1, 0.15) is 53.8 Å². The van der Waals surface area contributed by atoms with E-state index in [-0.39, 0.29) is 18.1 Å². The van der Waals surface area contributed by atoms with E-state index in [0.29, 0.717) is 37.8 Å². The van der Waals surface area contributed by atoms with Gasteiger partial charge in [-0.3, -0.25) is 14.6 Å². The number of hydrogen-bond acceptors (Lipinski definition) is 8. The standard InChI is InChI=1S/C30H38N4O5/c1-30(2,3)24-7-4-22(5-8-24)17-34(18-23-6-9-26-27(16-23)39-21-38-26)19-28-32-25(20-37-28)29(35)31-10-11-33-12-14-36-15-13-33/h4-9,16,20H,10-15,17-19,21H2,1-3H3,(H,31,35). The summed E-state index contributed by atoms with van der Waals surface area (Å²) in [7, 11) is 0. The Morgan fingerprint density at radius 2 is 1.69 bits per heavy atom. The van der Waals surface area contributed by atoms with Crippen LogP contribution in [-0.4, -0.2) is 66.9 Å². The summed E-state index contributed by atoms with van der Waals surface area (Å²) in [6, 6.07) is 14.7. The lowest BCUT2D eigenvalue weighted by Crippen LogP contribution is -2.41. The zero-order valence-corrected chi connectivity index (χ0v) is 23.1. The van der Waals surface area contributed by atoms with Crippen molar-refractivity contribution >= 4 is 5.91 Å². The molecule has 1 N–H and O–H groups in total. The summed E-state index contributed by atoms with van der Waals surface area (Å²) in [4.78, 5) is 21.7. The molecular formula is C30H38N4O5. The minimum Gasteiger partial charge on any atom is -0.454 e. The van der Waals surface area contributed by atoms with Gasteiger partial charge in [0.05, 0.1) is 19.8 Å². The molecule has 208 valence electrons. The van der Waals surface area contributed by atoms with Gasteiger partial charge in [-0.25, -0.2) is 4.98 Å². The zero-order chi connectivity index (χ0) is 27.2. The number of benzene rings is 2. The number of aromatic nitrogens is 1. The lowest BCUT2D eigenvalue weighted by molar-refractivity contribution is 0.0383. The van der Waals surface area contributed by atoms with Gasteiger partial charge in [0.15, 0.2) is 17.2 Å². The summed E-state index contributed by atoms with van der Waals surface area (Å²) < 4.78 is 22.2. The van der Waals surface area contributed by atoms with Crippen LogP contribution < -0.4 is 14.8 Å². The minimum atomic E-state index is -0.224. The van der Waals surface area contributed by atoms with Crippen LogP contribution in [0.25, 0.3) is 0 Å². The molecule has 2 aliphatic heterocycles. The van der Waals surface area contributed by atoms with E-state index in [2.05, 4.69) is 65.1 Å². The van der Waals surface area contributed by atoms with Gasteiger partial charge in [-0.2, -0.15) is 0 Å². The van der Waals surface area contributed by atoms with E-state index in [1.807, 2.05) is 18.2 Å². The fraction of sp³-hybridized carbons (Fsp3) is 0.467. The van der Waals surface area contributed by atoms with Gasteiger partial charge in [-0.05, 0) is 34.2 Å². The van der Waals surface area contributed by atoms with E-state index in [0.717, 1.165) is 49.9 Å². The van der Waals surface area contributed by atoms with E-state index in [1.165, 1.54) is 17.4 Å². The Balaban J connectivity index is 1.24. The van der Waals surface area contributed by atoms with Crippen molar-refractivity contribution in [3.05, 3.63) is 77.0 Å². The van der Waals surface area contributed by atoms with Crippen LogP contribution in [0.4, 0.5) is 0 Å². The molecule has 0 saturated carbocycles. The molecule has 3 heterocycles. The van der Waals surface area contributed by atoms with Crippen molar-refractivity contribution in [3.63, 3.8) is 0 Å². The largest absolute Gasteiger partial charge is 0.454 e. The topological polar surface area (TPSA) is 89.3 Å². The van der Waals surface area contributed by atoms with Gasteiger partial charge < -0.3 is 23.9 Å². The van der Waals surface area contributed by atoms with Crippen molar-refractivity contribution in [1.29, 1.82) is 0 Å². The second kappa shape index (κ2) is 12.2. The summed E-state index contributed by atoms with van der Waals surface area (Å²) in [5.74, 6) is 1.80. The zero-order valence-electron chi connectivity index (χ0n) is 23.1. The van der Waals surface area contributed by atoms with Crippen molar-refractivity contribution in [2.75, 3.05) is 46.2 Å². The fourth-order valence-electron chi connectivity index (χ4n) is 4.76. The molecule has 2 aliphatic rings. The van der Waals surface area contributed by atoms with Crippen molar-refractivity contribution in [2.24, 2.45) is 0 Å². The minimum absolute atomic E-state index is 0.0992. The third-order valence-electron chi connectivity index (χ3n) is 7.03. The lowest BCUT2D eigenvalue weighted by Gasteiger charge is -2.26. The molecule has 0 aliphatic carbocycles. The third-order valence-corrected chi connectivity index (χ3v) is 7.03. The van der Waals surface area contributed by atoms with Gasteiger partial charge in [0, 0.05) is 39.3 Å². The molecule has 9 nitrogen and oxygen atoms in total. The fourth-order valence-corrected chi connectivity index (χ4v) is 4.76. The molecule has 1 aromatic heterocycles. The van der Waals surface area contributed by atoms with Crippen LogP contribution in [0.5, 0.6) is 11.5 Å². The SMILES string of the molecule is CC(C)(C)c1ccc(CN(Cc2ccc3c(c2)OCO3)Cc2nc(C(=O)NCCN3CCOCC3)co2)cc1. The van der Waals surface area contributed by atoms with E-state index in [9.17, 15) is 4.79 Å². The highest BCUT2D eigenvalue weighted by atomic mass is 16.7. The monoisotopic (exact) mass is 534 g/mol. The first-order chi connectivity index (χ1) is 18.8. The second-order valence-corrected chi connectivity index (χ2v) is 11.1. The van der Waals surface area contributed by atoms with Crippen LogP contribution >= 0.6 is 0 Å². The summed E-state index contributed by atoms with van der Waals surface area (Å²) in [6.07, 6.45) is 1.44. The number of fused-ring (bicyclic) bond motifs is 1. The first-order valence-corrected chi connectivity index (χ1v) is 13.6. The Kier molecular flexibility index (Phi) is 8.50. The molecule has 0 spiro atoms. The van der Waals surface area contributed by atoms with Gasteiger partial charge in [0.1, 0.15) is 6.26 Å². The molecule has 1 saturated heterocycles. The van der Waals surface area contributed by atoms with Crippen molar-refractivity contribution < 1.29 is 23.4 Å². The molecule has 0 bridgehead atoms. The first-order valence-electron chi connectivity index (χ1n) is 13.6. The average molecular weight is 535 g/mol. The Morgan fingerprint density at radius 3 is 2.46 bits per heavy atom. The Hall–Kier alpha value is -3.40. The molecular weight excluding hydrogens is 496 g/mol. The van der Waals surface area contributed by atoms with Crippen molar-refractivity contribution in [2.45, 2.75) is 45.8 Å². The van der Waals surface area contributed by atoms with Crippen molar-refractivity contribution in [3.8, 4) is 11.5 Å². The van der Waals surface area contributed by atoms with Crippen LogP contribution in [0.2, 0.25) is 0 Å². The van der Waals surface area contributed by atoms with Gasteiger partial charge in [-0.1, -0.05) is 51.1 Å². The highest BCUT2D eigenvalue weighted by Crippen LogP contribution is 2.33.